The summed E-state index contributed by atoms with van der Waals surface area (Å²) >= 11 is 0. The molecule has 0 heterocycles. The lowest BCUT2D eigenvalue weighted by Gasteiger charge is -2.16. The van der Waals surface area contributed by atoms with Crippen molar-refractivity contribution in [2.75, 3.05) is 21.2 Å². The smallest absolute Gasteiger partial charge is 0.321 e. The number of amides is 1. The van der Waals surface area contributed by atoms with Gasteiger partial charge in [0.2, 0.25) is 5.91 Å². The van der Waals surface area contributed by atoms with Gasteiger partial charge < -0.3 is 9.64 Å². The van der Waals surface area contributed by atoms with E-state index in [4.69, 9.17) is 0 Å². The van der Waals surface area contributed by atoms with Crippen LogP contribution in [0.4, 0.5) is 0 Å². The van der Waals surface area contributed by atoms with Crippen LogP contribution >= 0.6 is 0 Å². The van der Waals surface area contributed by atoms with Gasteiger partial charge >= 0.3 is 5.97 Å². The molecule has 4 nitrogen and oxygen atoms in total. The summed E-state index contributed by atoms with van der Waals surface area (Å²) < 4.78 is 4.56. The zero-order valence-electron chi connectivity index (χ0n) is 7.59. The van der Waals surface area contributed by atoms with Crippen LogP contribution in [0.25, 0.3) is 0 Å². The van der Waals surface area contributed by atoms with E-state index in [2.05, 4.69) is 4.74 Å². The van der Waals surface area contributed by atoms with E-state index in [9.17, 15) is 9.59 Å². The van der Waals surface area contributed by atoms with Crippen molar-refractivity contribution < 1.29 is 14.3 Å². The van der Waals surface area contributed by atoms with Crippen molar-refractivity contribution in [1.82, 2.24) is 4.90 Å². The predicted octanol–water partition coefficient (Wildman–Crippen LogP) is 0.0278. The third kappa shape index (κ3) is 1.17. The number of methoxy groups -OCH3 is 1. The van der Waals surface area contributed by atoms with E-state index in [1.54, 1.807) is 14.1 Å². The highest BCUT2D eigenvalue weighted by molar-refractivity contribution is 6.05. The fourth-order valence-corrected chi connectivity index (χ4v) is 1.25. The van der Waals surface area contributed by atoms with E-state index in [1.165, 1.54) is 12.0 Å². The highest BCUT2D eigenvalue weighted by Crippen LogP contribution is 2.47. The van der Waals surface area contributed by atoms with E-state index in [-0.39, 0.29) is 5.91 Å². The first-order valence-electron chi connectivity index (χ1n) is 3.85. The van der Waals surface area contributed by atoms with E-state index in [0.717, 1.165) is 0 Å². The van der Waals surface area contributed by atoms with Crippen LogP contribution in [0, 0.1) is 5.41 Å². The second-order valence-electron chi connectivity index (χ2n) is 3.27. The van der Waals surface area contributed by atoms with Crippen LogP contribution in [0.3, 0.4) is 0 Å². The number of carbonyl (C=O) groups excluding carboxylic acids is 2. The standard InChI is InChI=1S/C8H13NO3/c1-9(2)6(10)8(4-5-8)7(11)12-3/h4-5H2,1-3H3. The molecule has 0 aromatic heterocycles. The minimum Gasteiger partial charge on any atom is -0.468 e. The Hall–Kier alpha value is -1.06. The van der Waals surface area contributed by atoms with Crippen molar-refractivity contribution in [2.24, 2.45) is 5.41 Å². The molecule has 0 unspecified atom stereocenters. The third-order valence-corrected chi connectivity index (χ3v) is 2.14. The second kappa shape index (κ2) is 2.77. The Morgan fingerprint density at radius 3 is 2.08 bits per heavy atom. The largest absolute Gasteiger partial charge is 0.468 e. The molecule has 0 radical (unpaired) electrons. The summed E-state index contributed by atoms with van der Waals surface area (Å²) in [7, 11) is 4.60. The quantitative estimate of drug-likeness (QED) is 0.435. The summed E-state index contributed by atoms with van der Waals surface area (Å²) in [6, 6.07) is 0. The SMILES string of the molecule is COC(=O)C1(C(=O)N(C)C)CC1. The Kier molecular flexibility index (Phi) is 2.08. The van der Waals surface area contributed by atoms with Gasteiger partial charge in [-0.05, 0) is 12.8 Å². The molecule has 1 aliphatic rings. The zero-order chi connectivity index (χ0) is 9.35. The van der Waals surface area contributed by atoms with Gasteiger partial charge in [-0.2, -0.15) is 0 Å². The van der Waals surface area contributed by atoms with Gasteiger partial charge in [0.15, 0.2) is 0 Å². The van der Waals surface area contributed by atoms with Crippen molar-refractivity contribution in [2.45, 2.75) is 12.8 Å². The van der Waals surface area contributed by atoms with Crippen LogP contribution in [-0.2, 0) is 14.3 Å². The number of nitrogens with zero attached hydrogens (tertiary/aromatic N) is 1. The zero-order valence-corrected chi connectivity index (χ0v) is 7.59. The van der Waals surface area contributed by atoms with Crippen LogP contribution in [0.2, 0.25) is 0 Å². The number of esters is 1. The summed E-state index contributed by atoms with van der Waals surface area (Å²) in [5.74, 6) is -0.546. The molecule has 0 aromatic rings. The number of carbonyl (C=O) groups is 2. The van der Waals surface area contributed by atoms with Crippen LogP contribution in [0.15, 0.2) is 0 Å². The number of rotatable bonds is 2. The first-order chi connectivity index (χ1) is 5.54. The van der Waals surface area contributed by atoms with Crippen molar-refractivity contribution in [1.29, 1.82) is 0 Å². The van der Waals surface area contributed by atoms with Crippen molar-refractivity contribution >= 4 is 11.9 Å². The van der Waals surface area contributed by atoms with Crippen LogP contribution in [0.5, 0.6) is 0 Å². The normalized spacial score (nSPS) is 18.2. The summed E-state index contributed by atoms with van der Waals surface area (Å²) in [4.78, 5) is 24.1. The number of ether oxygens (including phenoxy) is 1. The molecule has 1 rings (SSSR count). The fraction of sp³-hybridized carbons (Fsp3) is 0.750. The van der Waals surface area contributed by atoms with E-state index in [0.29, 0.717) is 12.8 Å². The molecule has 12 heavy (non-hydrogen) atoms. The average Bonchev–Trinajstić information content (AvgIpc) is 2.82. The molecule has 0 atom stereocenters. The molecule has 0 aliphatic heterocycles. The minimum atomic E-state index is -0.835. The molecule has 68 valence electrons. The Balaban J connectivity index is 2.73. The van der Waals surface area contributed by atoms with Crippen LogP contribution in [-0.4, -0.2) is 38.0 Å². The Labute approximate surface area is 71.5 Å². The van der Waals surface area contributed by atoms with E-state index in [1.807, 2.05) is 0 Å². The maximum absolute atomic E-state index is 11.5. The molecular weight excluding hydrogens is 158 g/mol. The topological polar surface area (TPSA) is 46.6 Å². The fourth-order valence-electron chi connectivity index (χ4n) is 1.25. The van der Waals surface area contributed by atoms with Crippen molar-refractivity contribution in [3.8, 4) is 0 Å². The monoisotopic (exact) mass is 171 g/mol. The third-order valence-electron chi connectivity index (χ3n) is 2.14. The molecule has 0 saturated heterocycles. The van der Waals surface area contributed by atoms with Gasteiger partial charge in [0.05, 0.1) is 7.11 Å². The van der Waals surface area contributed by atoms with Gasteiger partial charge in [-0.25, -0.2) is 0 Å². The number of hydrogen-bond acceptors (Lipinski definition) is 3. The van der Waals surface area contributed by atoms with E-state index >= 15 is 0 Å². The molecule has 0 aromatic carbocycles. The van der Waals surface area contributed by atoms with Crippen molar-refractivity contribution in [3.63, 3.8) is 0 Å². The highest BCUT2D eigenvalue weighted by Gasteiger charge is 2.58. The van der Waals surface area contributed by atoms with Crippen LogP contribution < -0.4 is 0 Å². The van der Waals surface area contributed by atoms with Crippen molar-refractivity contribution in [3.05, 3.63) is 0 Å². The summed E-state index contributed by atoms with van der Waals surface area (Å²) in [5.41, 5.74) is -0.835. The molecule has 1 aliphatic carbocycles. The van der Waals surface area contributed by atoms with Gasteiger partial charge in [-0.3, -0.25) is 9.59 Å². The van der Waals surface area contributed by atoms with Gasteiger partial charge in [0.1, 0.15) is 5.41 Å². The molecule has 1 amide bonds. The Morgan fingerprint density at radius 1 is 1.33 bits per heavy atom. The van der Waals surface area contributed by atoms with Gasteiger partial charge in [-0.15, -0.1) is 0 Å². The first kappa shape index (κ1) is 9.03. The van der Waals surface area contributed by atoms with Gasteiger partial charge in [-0.1, -0.05) is 0 Å². The lowest BCUT2D eigenvalue weighted by Crippen LogP contribution is -2.36. The van der Waals surface area contributed by atoms with Gasteiger partial charge in [0, 0.05) is 14.1 Å². The molecule has 1 saturated carbocycles. The van der Waals surface area contributed by atoms with Crippen LogP contribution in [0.1, 0.15) is 12.8 Å². The summed E-state index contributed by atoms with van der Waals surface area (Å²) in [5, 5.41) is 0. The molecule has 1 fully saturated rings. The molecule has 0 bridgehead atoms. The predicted molar refractivity (Wildman–Crippen MR) is 42.4 cm³/mol. The first-order valence-corrected chi connectivity index (χ1v) is 3.85. The maximum atomic E-state index is 11.5. The lowest BCUT2D eigenvalue weighted by atomic mass is 10.1. The molecule has 0 spiro atoms. The second-order valence-corrected chi connectivity index (χ2v) is 3.27. The molecular formula is C8H13NO3. The molecule has 0 N–H and O–H groups in total. The molecule has 4 heteroatoms. The average molecular weight is 171 g/mol. The minimum absolute atomic E-state index is 0.144. The Bertz CT molecular complexity index is 218. The lowest BCUT2D eigenvalue weighted by molar-refractivity contribution is -0.154. The summed E-state index contributed by atoms with van der Waals surface area (Å²) in [6.45, 7) is 0. The maximum Gasteiger partial charge on any atom is 0.321 e. The van der Waals surface area contributed by atoms with Gasteiger partial charge in [0.25, 0.3) is 0 Å². The number of hydrogen-bond donors (Lipinski definition) is 0. The van der Waals surface area contributed by atoms with E-state index < -0.39 is 11.4 Å². The Morgan fingerprint density at radius 2 is 1.83 bits per heavy atom. The summed E-state index contributed by atoms with van der Waals surface area (Å²) in [6.07, 6.45) is 1.24. The highest BCUT2D eigenvalue weighted by atomic mass is 16.5.